The minimum absolute atomic E-state index is 0.284. The Balaban J connectivity index is 2.06. The van der Waals surface area contributed by atoms with E-state index in [2.05, 4.69) is 25.2 Å². The second-order valence-electron chi connectivity index (χ2n) is 3.76. The molecule has 1 N–H and O–H groups in total. The molecule has 0 radical (unpaired) electrons. The zero-order valence-electron chi connectivity index (χ0n) is 9.92. The lowest BCUT2D eigenvalue weighted by Crippen LogP contribution is -1.99. The van der Waals surface area contributed by atoms with Crippen LogP contribution in [0.1, 0.15) is 0 Å². The van der Waals surface area contributed by atoms with Gasteiger partial charge in [-0.15, -0.1) is 0 Å². The van der Waals surface area contributed by atoms with Crippen molar-refractivity contribution < 1.29 is 13.8 Å². The van der Waals surface area contributed by atoms with Crippen LogP contribution in [0.5, 0.6) is 5.88 Å². The van der Waals surface area contributed by atoms with Gasteiger partial charge < -0.3 is 10.1 Å². The monoisotopic (exact) mass is 260 g/mol. The van der Waals surface area contributed by atoms with Gasteiger partial charge in [-0.3, -0.25) is 0 Å². The van der Waals surface area contributed by atoms with Gasteiger partial charge in [0.05, 0.1) is 12.8 Å². The van der Waals surface area contributed by atoms with E-state index in [1.165, 1.54) is 13.2 Å². The number of ether oxygens (including phenoxy) is 1. The van der Waals surface area contributed by atoms with Gasteiger partial charge in [0.25, 0.3) is 0 Å². The van der Waals surface area contributed by atoms with Crippen molar-refractivity contribution in [2.75, 3.05) is 12.4 Å². The molecule has 96 valence electrons. The lowest BCUT2D eigenvalue weighted by Gasteiger charge is -2.10. The SMILES string of the molecule is COc1nc2nonc2cc1Nc1ccccc1F. The summed E-state index contributed by atoms with van der Waals surface area (Å²) in [6, 6.07) is 7.94. The van der Waals surface area contributed by atoms with Gasteiger partial charge in [0.2, 0.25) is 11.5 Å². The standard InChI is InChI=1S/C12H9FN4O2/c1-18-12-10(6-9-11(15-12)17-19-16-9)14-8-5-3-2-4-7(8)13/h2-6,14H,1H3. The molecule has 0 bridgehead atoms. The van der Waals surface area contributed by atoms with Gasteiger partial charge in [-0.2, -0.15) is 4.98 Å². The number of anilines is 2. The van der Waals surface area contributed by atoms with Crippen molar-refractivity contribution in [2.24, 2.45) is 0 Å². The lowest BCUT2D eigenvalue weighted by molar-refractivity contribution is 0.314. The second kappa shape index (κ2) is 4.52. The van der Waals surface area contributed by atoms with Gasteiger partial charge in [-0.05, 0) is 22.4 Å². The maximum Gasteiger partial charge on any atom is 0.239 e. The zero-order valence-corrected chi connectivity index (χ0v) is 9.92. The molecule has 0 spiro atoms. The number of nitrogens with one attached hydrogen (secondary N) is 1. The normalized spacial score (nSPS) is 10.6. The molecule has 0 aliphatic carbocycles. The van der Waals surface area contributed by atoms with Crippen LogP contribution >= 0.6 is 0 Å². The molecular formula is C12H9FN4O2. The Labute approximate surface area is 107 Å². The number of nitrogens with zero attached hydrogens (tertiary/aromatic N) is 3. The van der Waals surface area contributed by atoms with Crippen molar-refractivity contribution in [1.29, 1.82) is 0 Å². The summed E-state index contributed by atoms with van der Waals surface area (Å²) in [6.45, 7) is 0. The quantitative estimate of drug-likeness (QED) is 0.780. The lowest BCUT2D eigenvalue weighted by atomic mass is 10.3. The van der Waals surface area contributed by atoms with E-state index in [9.17, 15) is 4.39 Å². The van der Waals surface area contributed by atoms with Crippen LogP contribution in [0.3, 0.4) is 0 Å². The molecule has 19 heavy (non-hydrogen) atoms. The molecule has 0 fully saturated rings. The summed E-state index contributed by atoms with van der Waals surface area (Å²) in [5, 5.41) is 10.2. The van der Waals surface area contributed by atoms with Crippen LogP contribution in [0.4, 0.5) is 15.8 Å². The number of hydrogen-bond acceptors (Lipinski definition) is 6. The molecule has 3 rings (SSSR count). The van der Waals surface area contributed by atoms with E-state index >= 15 is 0 Å². The van der Waals surface area contributed by atoms with Crippen LogP contribution in [0, 0.1) is 5.82 Å². The van der Waals surface area contributed by atoms with E-state index in [4.69, 9.17) is 4.74 Å². The van der Waals surface area contributed by atoms with Gasteiger partial charge in [0, 0.05) is 6.07 Å². The summed E-state index contributed by atoms with van der Waals surface area (Å²) in [7, 11) is 1.47. The van der Waals surface area contributed by atoms with E-state index in [0.29, 0.717) is 22.5 Å². The Hall–Kier alpha value is -2.70. The highest BCUT2D eigenvalue weighted by Gasteiger charge is 2.12. The number of hydrogen-bond donors (Lipinski definition) is 1. The smallest absolute Gasteiger partial charge is 0.239 e. The van der Waals surface area contributed by atoms with Crippen LogP contribution < -0.4 is 10.1 Å². The Bertz CT molecular complexity index is 729. The maximum absolute atomic E-state index is 13.6. The first-order valence-corrected chi connectivity index (χ1v) is 5.47. The van der Waals surface area contributed by atoms with Crippen LogP contribution in [0.15, 0.2) is 35.0 Å². The number of halogens is 1. The number of aromatic nitrogens is 3. The Morgan fingerprint density at radius 1 is 1.21 bits per heavy atom. The molecule has 1 aromatic carbocycles. The molecular weight excluding hydrogens is 251 g/mol. The first-order chi connectivity index (χ1) is 9.28. The number of methoxy groups -OCH3 is 1. The Morgan fingerprint density at radius 3 is 2.84 bits per heavy atom. The molecule has 2 heterocycles. The van der Waals surface area contributed by atoms with Gasteiger partial charge in [0.15, 0.2) is 5.52 Å². The van der Waals surface area contributed by atoms with Crippen molar-refractivity contribution in [3.8, 4) is 5.88 Å². The number of benzene rings is 1. The van der Waals surface area contributed by atoms with Gasteiger partial charge >= 0.3 is 0 Å². The van der Waals surface area contributed by atoms with Crippen molar-refractivity contribution >= 4 is 22.5 Å². The van der Waals surface area contributed by atoms with E-state index in [-0.39, 0.29) is 11.7 Å². The summed E-state index contributed by atoms with van der Waals surface area (Å²) in [5.41, 5.74) is 1.59. The van der Waals surface area contributed by atoms with Crippen LogP contribution in [0.25, 0.3) is 11.2 Å². The highest BCUT2D eigenvalue weighted by Crippen LogP contribution is 2.29. The van der Waals surface area contributed by atoms with Gasteiger partial charge in [-0.25, -0.2) is 9.02 Å². The highest BCUT2D eigenvalue weighted by molar-refractivity contribution is 5.78. The molecule has 0 atom stereocenters. The fraction of sp³-hybridized carbons (Fsp3) is 0.0833. The van der Waals surface area contributed by atoms with Crippen molar-refractivity contribution in [2.45, 2.75) is 0 Å². The van der Waals surface area contributed by atoms with Crippen molar-refractivity contribution in [3.05, 3.63) is 36.1 Å². The summed E-state index contributed by atoms with van der Waals surface area (Å²) in [5.74, 6) is -0.0885. The predicted octanol–water partition coefficient (Wildman–Crippen LogP) is 2.51. The van der Waals surface area contributed by atoms with E-state index < -0.39 is 0 Å². The Morgan fingerprint density at radius 2 is 2.05 bits per heavy atom. The predicted molar refractivity (Wildman–Crippen MR) is 65.8 cm³/mol. The minimum Gasteiger partial charge on any atom is -0.479 e. The largest absolute Gasteiger partial charge is 0.479 e. The molecule has 0 aliphatic rings. The van der Waals surface area contributed by atoms with Crippen molar-refractivity contribution in [1.82, 2.24) is 15.3 Å². The average Bonchev–Trinajstić information content (AvgIpc) is 2.87. The molecule has 0 unspecified atom stereocenters. The second-order valence-corrected chi connectivity index (χ2v) is 3.76. The fourth-order valence-electron chi connectivity index (χ4n) is 1.67. The number of para-hydroxylation sites is 1. The third-order valence-electron chi connectivity index (χ3n) is 2.55. The average molecular weight is 260 g/mol. The topological polar surface area (TPSA) is 73.1 Å². The summed E-state index contributed by atoms with van der Waals surface area (Å²) in [4.78, 5) is 4.10. The van der Waals surface area contributed by atoms with E-state index in [1.807, 2.05) is 0 Å². The van der Waals surface area contributed by atoms with Crippen LogP contribution in [0.2, 0.25) is 0 Å². The molecule has 6 nitrogen and oxygen atoms in total. The fourth-order valence-corrected chi connectivity index (χ4v) is 1.67. The number of fused-ring (bicyclic) bond motifs is 1. The first-order valence-electron chi connectivity index (χ1n) is 5.47. The first kappa shape index (κ1) is 11.4. The van der Waals surface area contributed by atoms with E-state index in [0.717, 1.165) is 0 Å². The minimum atomic E-state index is -0.372. The molecule has 0 saturated heterocycles. The Kier molecular flexibility index (Phi) is 2.71. The molecule has 0 saturated carbocycles. The van der Waals surface area contributed by atoms with Gasteiger partial charge in [-0.1, -0.05) is 12.1 Å². The van der Waals surface area contributed by atoms with Crippen LogP contribution in [-0.2, 0) is 0 Å². The third kappa shape index (κ3) is 2.05. The van der Waals surface area contributed by atoms with E-state index in [1.54, 1.807) is 24.3 Å². The molecule has 0 amide bonds. The zero-order chi connectivity index (χ0) is 13.2. The molecule has 3 aromatic rings. The maximum atomic E-state index is 13.6. The summed E-state index contributed by atoms with van der Waals surface area (Å²) in [6.07, 6.45) is 0. The van der Waals surface area contributed by atoms with Gasteiger partial charge in [0.1, 0.15) is 11.5 Å². The number of rotatable bonds is 3. The number of pyridine rings is 1. The molecule has 0 aliphatic heterocycles. The summed E-state index contributed by atoms with van der Waals surface area (Å²) >= 11 is 0. The molecule has 2 aromatic heterocycles. The molecule has 7 heteroatoms. The third-order valence-corrected chi connectivity index (χ3v) is 2.55. The van der Waals surface area contributed by atoms with Crippen molar-refractivity contribution in [3.63, 3.8) is 0 Å². The highest BCUT2D eigenvalue weighted by atomic mass is 19.1. The summed E-state index contributed by atoms with van der Waals surface area (Å²) < 4.78 is 23.3. The van der Waals surface area contributed by atoms with Crippen LogP contribution in [-0.4, -0.2) is 22.4 Å².